The van der Waals surface area contributed by atoms with Crippen LogP contribution in [-0.2, 0) is 0 Å². The summed E-state index contributed by atoms with van der Waals surface area (Å²) in [6.45, 7) is 66.3. The summed E-state index contributed by atoms with van der Waals surface area (Å²) in [4.78, 5) is 2.57. The van der Waals surface area contributed by atoms with Crippen LogP contribution in [0, 0.1) is 28.6 Å². The second-order valence-electron chi connectivity index (χ2n) is 17.7. The fourth-order valence-electron chi connectivity index (χ4n) is 7.54. The zero-order valence-electron chi connectivity index (χ0n) is 44.1. The fourth-order valence-corrected chi connectivity index (χ4v) is 7.54. The molecule has 0 bridgehead atoms. The lowest BCUT2D eigenvalue weighted by Gasteiger charge is -2.42. The molecule has 1 saturated heterocycles. The van der Waals surface area contributed by atoms with Crippen LogP contribution < -0.4 is 16.0 Å². The summed E-state index contributed by atoms with van der Waals surface area (Å²) in [5, 5.41) is 10.7. The quantitative estimate of drug-likeness (QED) is 0.0689. The lowest BCUT2D eigenvalue weighted by molar-refractivity contribution is 0.171. The predicted molar refractivity (Wildman–Crippen MR) is 277 cm³/mol. The second kappa shape index (κ2) is 41.2. The number of nitrogens with one attached hydrogen (secondary N) is 3. The molecule has 0 amide bonds. The summed E-state index contributed by atoms with van der Waals surface area (Å²) < 4.78 is 0. The van der Waals surface area contributed by atoms with E-state index in [4.69, 9.17) is 0 Å². The standard InChI is InChI=1S/C34H61N3.C9H16.C3H9N.C3H8.3C2H6/c1-12-26(5)29-20-23-37(30(29)13-2)27(6)24-32(34(11)21-16-14-15-17-22-34)36-28(7)35-31(33(8,9)10)19-18-25(3)4;1-5-7-9(4)8(3)6-2;1-3-4-2;1-3-2;3*1-2/h13,26,29-32,35-36H,2-3,6-7,12,14-24H2,1,4-5,8-11H3;6,9H,2-3,5,7H2,1,4H3;4H,3H2,1-2H3;3H2,1-2H3;3*1-2H3/t26?,29-,30?,31?,32?;;;;;;/m1....../s1. The van der Waals surface area contributed by atoms with Crippen LogP contribution in [0.2, 0.25) is 0 Å². The van der Waals surface area contributed by atoms with Crippen molar-refractivity contribution in [2.24, 2.45) is 28.6 Å². The first-order valence-electron chi connectivity index (χ1n) is 24.8. The van der Waals surface area contributed by atoms with Crippen LogP contribution in [0.25, 0.3) is 0 Å². The van der Waals surface area contributed by atoms with E-state index in [-0.39, 0.29) is 10.8 Å². The van der Waals surface area contributed by atoms with Gasteiger partial charge in [-0.3, -0.25) is 0 Å². The van der Waals surface area contributed by atoms with E-state index in [0.717, 1.165) is 43.7 Å². The van der Waals surface area contributed by atoms with Crippen LogP contribution in [0.5, 0.6) is 0 Å². The fraction of sp³-hybridized carbons (Fsp3) is 0.782. The molecule has 2 fully saturated rings. The predicted octanol–water partition coefficient (Wildman–Crippen LogP) is 16.8. The maximum atomic E-state index is 4.68. The van der Waals surface area contributed by atoms with E-state index in [0.29, 0.717) is 35.9 Å². The van der Waals surface area contributed by atoms with E-state index in [1.54, 1.807) is 0 Å². The molecule has 2 aliphatic rings. The summed E-state index contributed by atoms with van der Waals surface area (Å²) in [6, 6.07) is 1.06. The molecule has 352 valence electrons. The Morgan fingerprint density at radius 2 is 1.32 bits per heavy atom. The van der Waals surface area contributed by atoms with Crippen molar-refractivity contribution in [2.45, 2.75) is 233 Å². The van der Waals surface area contributed by atoms with E-state index in [2.05, 4.69) is 149 Å². The zero-order chi connectivity index (χ0) is 47.2. The maximum absolute atomic E-state index is 4.68. The molecule has 0 aromatic heterocycles. The molecule has 1 saturated carbocycles. The van der Waals surface area contributed by atoms with Crippen LogP contribution >= 0.6 is 0 Å². The van der Waals surface area contributed by atoms with Crippen molar-refractivity contribution in [1.82, 2.24) is 20.9 Å². The van der Waals surface area contributed by atoms with Crippen molar-refractivity contribution in [3.8, 4) is 0 Å². The molecule has 5 unspecified atom stereocenters. The summed E-state index contributed by atoms with van der Waals surface area (Å²) in [5.74, 6) is 2.97. The Morgan fingerprint density at radius 3 is 1.69 bits per heavy atom. The third kappa shape index (κ3) is 30.5. The van der Waals surface area contributed by atoms with Gasteiger partial charge in [0, 0.05) is 36.8 Å². The molecule has 6 atom stereocenters. The second-order valence-corrected chi connectivity index (χ2v) is 17.7. The van der Waals surface area contributed by atoms with Crippen molar-refractivity contribution < 1.29 is 0 Å². The van der Waals surface area contributed by atoms with Crippen molar-refractivity contribution >= 4 is 0 Å². The van der Waals surface area contributed by atoms with Crippen molar-refractivity contribution in [3.63, 3.8) is 0 Å². The average Bonchev–Trinajstić information content (AvgIpc) is 3.54. The number of allylic oxidation sites excluding steroid dienone is 3. The molecule has 0 radical (unpaired) electrons. The summed E-state index contributed by atoms with van der Waals surface area (Å²) >= 11 is 0. The molecule has 0 aromatic rings. The first kappa shape index (κ1) is 65.9. The van der Waals surface area contributed by atoms with Crippen LogP contribution in [0.1, 0.15) is 215 Å². The van der Waals surface area contributed by atoms with Crippen molar-refractivity contribution in [2.75, 3.05) is 20.1 Å². The van der Waals surface area contributed by atoms with E-state index in [1.807, 2.05) is 54.7 Å². The third-order valence-electron chi connectivity index (χ3n) is 11.6. The Balaban J connectivity index is -0.000000365. The van der Waals surface area contributed by atoms with Gasteiger partial charge in [0.25, 0.3) is 0 Å². The SMILES string of the molecule is C=CC(=C)C(C)CCC.C=CC1[C@@H](C(C)CC)CCN1C(=C)CC(NC(=C)NC(CCC(=C)C)C(C)(C)C)C1(C)CCCCCC1.CC.CC.CC.CCC.CCNC. The molecule has 0 aromatic carbocycles. The minimum atomic E-state index is 0.142. The van der Waals surface area contributed by atoms with Crippen LogP contribution in [0.4, 0.5) is 0 Å². The van der Waals surface area contributed by atoms with E-state index < -0.39 is 0 Å². The van der Waals surface area contributed by atoms with Gasteiger partial charge in [-0.05, 0) is 87.6 Å². The number of hydrogen-bond donors (Lipinski definition) is 3. The molecule has 1 aliphatic carbocycles. The number of likely N-dealkylation sites (tertiary alicyclic amines) is 1. The highest BCUT2D eigenvalue weighted by atomic mass is 15.2. The molecule has 1 heterocycles. The van der Waals surface area contributed by atoms with Gasteiger partial charge in [0.2, 0.25) is 0 Å². The topological polar surface area (TPSA) is 39.3 Å². The van der Waals surface area contributed by atoms with Gasteiger partial charge in [0.15, 0.2) is 0 Å². The maximum Gasteiger partial charge on any atom is 0.0917 e. The highest BCUT2D eigenvalue weighted by molar-refractivity contribution is 5.14. The lowest BCUT2D eigenvalue weighted by atomic mass is 9.74. The molecule has 3 N–H and O–H groups in total. The first-order valence-corrected chi connectivity index (χ1v) is 24.8. The largest absolute Gasteiger partial charge is 0.369 e. The Hall–Kier alpha value is -2.20. The van der Waals surface area contributed by atoms with E-state index in [1.165, 1.54) is 81.9 Å². The number of hydrogen-bond acceptors (Lipinski definition) is 4. The third-order valence-corrected chi connectivity index (χ3v) is 11.6. The Morgan fingerprint density at radius 1 is 0.831 bits per heavy atom. The summed E-state index contributed by atoms with van der Waals surface area (Å²) in [7, 11) is 1.93. The Bertz CT molecular complexity index is 1020. The molecule has 4 heteroatoms. The molecule has 4 nitrogen and oxygen atoms in total. The van der Waals surface area contributed by atoms with Gasteiger partial charge in [0.1, 0.15) is 0 Å². The number of nitrogens with zero attached hydrogens (tertiary/aromatic N) is 1. The number of rotatable bonds is 19. The minimum absolute atomic E-state index is 0.142. The average molecular weight is 830 g/mol. The van der Waals surface area contributed by atoms with Gasteiger partial charge >= 0.3 is 0 Å². The van der Waals surface area contributed by atoms with Crippen molar-refractivity contribution in [3.05, 3.63) is 74.3 Å². The van der Waals surface area contributed by atoms with Gasteiger partial charge in [-0.25, -0.2) is 0 Å². The van der Waals surface area contributed by atoms with Gasteiger partial charge in [0.05, 0.1) is 5.82 Å². The molecule has 59 heavy (non-hydrogen) atoms. The smallest absolute Gasteiger partial charge is 0.0917 e. The molecule has 0 spiro atoms. The van der Waals surface area contributed by atoms with Crippen LogP contribution in [0.3, 0.4) is 0 Å². The highest BCUT2D eigenvalue weighted by Gasteiger charge is 2.39. The van der Waals surface area contributed by atoms with Crippen LogP contribution in [-0.4, -0.2) is 43.2 Å². The Labute approximate surface area is 375 Å². The van der Waals surface area contributed by atoms with Crippen molar-refractivity contribution in [1.29, 1.82) is 0 Å². The lowest BCUT2D eigenvalue weighted by Crippen LogP contribution is -2.50. The summed E-state index contributed by atoms with van der Waals surface area (Å²) in [6.07, 6.45) is 21.2. The molecule has 2 rings (SSSR count). The Kier molecular flexibility index (Phi) is 46.0. The zero-order valence-corrected chi connectivity index (χ0v) is 44.1. The van der Waals surface area contributed by atoms with Gasteiger partial charge in [-0.15, -0.1) is 13.2 Å². The van der Waals surface area contributed by atoms with Gasteiger partial charge < -0.3 is 20.9 Å². The van der Waals surface area contributed by atoms with Crippen LogP contribution in [0.15, 0.2) is 74.3 Å². The normalized spacial score (nSPS) is 18.4. The summed E-state index contributed by atoms with van der Waals surface area (Å²) in [5.41, 5.74) is 4.05. The molecule has 1 aliphatic heterocycles. The molecular weight excluding hydrogens is 717 g/mol. The van der Waals surface area contributed by atoms with Gasteiger partial charge in [-0.2, -0.15) is 0 Å². The highest BCUT2D eigenvalue weighted by Crippen LogP contribution is 2.42. The molecular formula is C55H112N4. The van der Waals surface area contributed by atoms with E-state index in [9.17, 15) is 0 Å². The monoisotopic (exact) mass is 829 g/mol. The first-order chi connectivity index (χ1) is 27.9. The van der Waals surface area contributed by atoms with E-state index >= 15 is 0 Å². The minimum Gasteiger partial charge on any atom is -0.369 e. The van der Waals surface area contributed by atoms with Gasteiger partial charge in [-0.1, -0.05) is 212 Å².